The second kappa shape index (κ2) is 4.88. The maximum absolute atomic E-state index is 9.01. The number of nitrogens with zero attached hydrogens (tertiary/aromatic N) is 3. The van der Waals surface area contributed by atoms with Gasteiger partial charge in [-0.2, -0.15) is 5.26 Å². The van der Waals surface area contributed by atoms with E-state index < -0.39 is 0 Å². The average Bonchev–Trinajstić information content (AvgIpc) is 2.67. The number of nitriles is 1. The first-order valence-electron chi connectivity index (χ1n) is 5.65. The van der Waals surface area contributed by atoms with Crippen LogP contribution in [0.1, 0.15) is 28.3 Å². The van der Waals surface area contributed by atoms with Crippen LogP contribution in [-0.4, -0.2) is 10.1 Å². The topological polar surface area (TPSA) is 74.7 Å². The summed E-state index contributed by atoms with van der Waals surface area (Å²) in [6.45, 7) is 6.20. The van der Waals surface area contributed by atoms with E-state index in [0.29, 0.717) is 17.9 Å². The summed E-state index contributed by atoms with van der Waals surface area (Å²) in [5, 5.41) is 16.1. The van der Waals surface area contributed by atoms with E-state index in [9.17, 15) is 0 Å². The summed E-state index contributed by atoms with van der Waals surface area (Å²) in [4.78, 5) is 4.32. The summed E-state index contributed by atoms with van der Waals surface area (Å²) in [6, 6.07) is 5.70. The number of hydrogen-bond donors (Lipinski definition) is 1. The Hall–Kier alpha value is -2.35. The third-order valence-electron chi connectivity index (χ3n) is 2.77. The Morgan fingerprint density at radius 2 is 2.11 bits per heavy atom. The number of aromatic nitrogens is 2. The molecule has 2 heterocycles. The van der Waals surface area contributed by atoms with Gasteiger partial charge in [0.1, 0.15) is 17.6 Å². The van der Waals surface area contributed by atoms with Gasteiger partial charge in [-0.3, -0.25) is 0 Å². The highest BCUT2D eigenvalue weighted by Crippen LogP contribution is 2.17. The van der Waals surface area contributed by atoms with Crippen LogP contribution >= 0.6 is 0 Å². The van der Waals surface area contributed by atoms with Crippen molar-refractivity contribution in [2.75, 3.05) is 5.32 Å². The molecule has 0 fully saturated rings. The minimum atomic E-state index is 0.535. The third-order valence-corrected chi connectivity index (χ3v) is 2.77. The van der Waals surface area contributed by atoms with Crippen molar-refractivity contribution in [1.29, 1.82) is 5.26 Å². The minimum absolute atomic E-state index is 0.535. The molecule has 0 spiro atoms. The lowest BCUT2D eigenvalue weighted by Gasteiger charge is -2.07. The van der Waals surface area contributed by atoms with Gasteiger partial charge in [0.25, 0.3) is 0 Å². The Labute approximate surface area is 105 Å². The van der Waals surface area contributed by atoms with Crippen molar-refractivity contribution in [2.45, 2.75) is 27.3 Å². The van der Waals surface area contributed by atoms with Crippen molar-refractivity contribution in [3.8, 4) is 6.07 Å². The van der Waals surface area contributed by atoms with Crippen LogP contribution in [0.5, 0.6) is 0 Å². The maximum Gasteiger partial charge on any atom is 0.144 e. The first-order valence-corrected chi connectivity index (χ1v) is 5.65. The van der Waals surface area contributed by atoms with Crippen molar-refractivity contribution < 1.29 is 4.52 Å². The predicted octanol–water partition coefficient (Wildman–Crippen LogP) is 2.48. The zero-order chi connectivity index (χ0) is 13.1. The van der Waals surface area contributed by atoms with Crippen LogP contribution in [0.25, 0.3) is 0 Å². The van der Waals surface area contributed by atoms with Crippen LogP contribution in [-0.2, 0) is 6.54 Å². The van der Waals surface area contributed by atoms with E-state index in [-0.39, 0.29) is 0 Å². The summed E-state index contributed by atoms with van der Waals surface area (Å²) in [5.74, 6) is 1.38. The fourth-order valence-corrected chi connectivity index (χ4v) is 1.71. The molecular weight excluding hydrogens is 228 g/mol. The normalized spacial score (nSPS) is 10.1. The zero-order valence-electron chi connectivity index (χ0n) is 10.6. The highest BCUT2D eigenvalue weighted by Gasteiger charge is 2.10. The summed E-state index contributed by atoms with van der Waals surface area (Å²) in [7, 11) is 0. The second-order valence-corrected chi connectivity index (χ2v) is 4.12. The molecule has 92 valence electrons. The Kier molecular flexibility index (Phi) is 3.28. The lowest BCUT2D eigenvalue weighted by Crippen LogP contribution is -2.05. The van der Waals surface area contributed by atoms with Crippen molar-refractivity contribution in [3.63, 3.8) is 0 Å². The van der Waals surface area contributed by atoms with E-state index in [2.05, 4.69) is 21.5 Å². The molecule has 0 saturated heterocycles. The summed E-state index contributed by atoms with van der Waals surface area (Å²) in [5.41, 5.74) is 3.26. The predicted molar refractivity (Wildman–Crippen MR) is 67.0 cm³/mol. The molecular formula is C13H14N4O. The molecule has 5 heteroatoms. The molecule has 0 atom stereocenters. The Morgan fingerprint density at radius 3 is 2.72 bits per heavy atom. The molecule has 0 aliphatic heterocycles. The molecule has 18 heavy (non-hydrogen) atoms. The number of anilines is 1. The van der Waals surface area contributed by atoms with Gasteiger partial charge in [0.2, 0.25) is 0 Å². The Bertz CT molecular complexity index is 590. The quantitative estimate of drug-likeness (QED) is 0.894. The first kappa shape index (κ1) is 12.1. The average molecular weight is 242 g/mol. The second-order valence-electron chi connectivity index (χ2n) is 4.12. The summed E-state index contributed by atoms with van der Waals surface area (Å²) >= 11 is 0. The lowest BCUT2D eigenvalue weighted by molar-refractivity contribution is 0.392. The molecule has 2 aromatic rings. The van der Waals surface area contributed by atoms with Crippen molar-refractivity contribution >= 4 is 5.82 Å². The van der Waals surface area contributed by atoms with Gasteiger partial charge in [0, 0.05) is 17.8 Å². The molecule has 0 bridgehead atoms. The van der Waals surface area contributed by atoms with Gasteiger partial charge in [0.15, 0.2) is 0 Å². The molecule has 1 N–H and O–H groups in total. The van der Waals surface area contributed by atoms with E-state index in [4.69, 9.17) is 9.78 Å². The fourth-order valence-electron chi connectivity index (χ4n) is 1.71. The minimum Gasteiger partial charge on any atom is -0.365 e. The van der Waals surface area contributed by atoms with E-state index in [0.717, 1.165) is 22.7 Å². The standard InChI is InChI=1S/C13H14N4O/c1-8-4-5-11(6-14)13(16-8)15-7-12-9(2)17-18-10(12)3/h4-5H,7H2,1-3H3,(H,15,16). The summed E-state index contributed by atoms with van der Waals surface area (Å²) < 4.78 is 5.09. The lowest BCUT2D eigenvalue weighted by atomic mass is 10.2. The molecule has 0 aliphatic rings. The van der Waals surface area contributed by atoms with E-state index in [1.807, 2.05) is 26.8 Å². The van der Waals surface area contributed by atoms with Crippen LogP contribution in [0.3, 0.4) is 0 Å². The van der Waals surface area contributed by atoms with Gasteiger partial charge in [0.05, 0.1) is 11.3 Å². The molecule has 0 unspecified atom stereocenters. The van der Waals surface area contributed by atoms with Crippen LogP contribution in [0, 0.1) is 32.1 Å². The molecule has 2 rings (SSSR count). The Balaban J connectivity index is 2.21. The molecule has 0 aliphatic carbocycles. The molecule has 2 aromatic heterocycles. The van der Waals surface area contributed by atoms with Crippen molar-refractivity contribution in [3.05, 3.63) is 40.4 Å². The fraction of sp³-hybridized carbons (Fsp3) is 0.308. The summed E-state index contributed by atoms with van der Waals surface area (Å²) in [6.07, 6.45) is 0. The SMILES string of the molecule is Cc1ccc(C#N)c(NCc2c(C)noc2C)n1. The van der Waals surface area contributed by atoms with Gasteiger partial charge in [-0.05, 0) is 32.9 Å². The third kappa shape index (κ3) is 2.33. The van der Waals surface area contributed by atoms with Crippen LogP contribution < -0.4 is 5.32 Å². The molecule has 0 amide bonds. The number of nitrogens with one attached hydrogen (secondary N) is 1. The van der Waals surface area contributed by atoms with Gasteiger partial charge in [-0.15, -0.1) is 0 Å². The van der Waals surface area contributed by atoms with Gasteiger partial charge < -0.3 is 9.84 Å². The number of pyridine rings is 1. The zero-order valence-corrected chi connectivity index (χ0v) is 10.6. The highest BCUT2D eigenvalue weighted by atomic mass is 16.5. The number of rotatable bonds is 3. The van der Waals surface area contributed by atoms with Gasteiger partial charge in [-0.25, -0.2) is 4.98 Å². The van der Waals surface area contributed by atoms with Crippen LogP contribution in [0.15, 0.2) is 16.7 Å². The van der Waals surface area contributed by atoms with Crippen molar-refractivity contribution in [1.82, 2.24) is 10.1 Å². The molecule has 5 nitrogen and oxygen atoms in total. The molecule has 0 radical (unpaired) electrons. The van der Waals surface area contributed by atoms with E-state index in [1.165, 1.54) is 0 Å². The molecule has 0 aromatic carbocycles. The molecule has 0 saturated carbocycles. The van der Waals surface area contributed by atoms with E-state index >= 15 is 0 Å². The first-order chi connectivity index (χ1) is 8.61. The van der Waals surface area contributed by atoms with Crippen molar-refractivity contribution in [2.24, 2.45) is 0 Å². The van der Waals surface area contributed by atoms with Crippen LogP contribution in [0.4, 0.5) is 5.82 Å². The smallest absolute Gasteiger partial charge is 0.144 e. The number of aryl methyl sites for hydroxylation is 3. The van der Waals surface area contributed by atoms with E-state index in [1.54, 1.807) is 6.07 Å². The number of hydrogen-bond acceptors (Lipinski definition) is 5. The maximum atomic E-state index is 9.01. The highest BCUT2D eigenvalue weighted by molar-refractivity contribution is 5.52. The Morgan fingerprint density at radius 1 is 1.33 bits per heavy atom. The van der Waals surface area contributed by atoms with Crippen LogP contribution in [0.2, 0.25) is 0 Å². The van der Waals surface area contributed by atoms with Gasteiger partial charge in [-0.1, -0.05) is 5.16 Å². The monoisotopic (exact) mass is 242 g/mol. The van der Waals surface area contributed by atoms with Gasteiger partial charge >= 0.3 is 0 Å². The largest absolute Gasteiger partial charge is 0.365 e.